The molecule has 1 heterocycles. The van der Waals surface area contributed by atoms with Crippen LogP contribution in [0.2, 0.25) is 0 Å². The van der Waals surface area contributed by atoms with Crippen molar-refractivity contribution in [1.82, 2.24) is 15.3 Å². The standard InChI is InChI=1S/C13H15N3O/c1-3-9(2)16-13(17)10-4-5-11-12(8-10)15-7-6-14-11/h4-9H,3H2,1-2H3,(H,16,17)/t9-/m1/s1. The Balaban J connectivity index is 2.27. The Kier molecular flexibility index (Phi) is 3.32. The van der Waals surface area contributed by atoms with Crippen LogP contribution in [0.15, 0.2) is 30.6 Å². The molecule has 4 heteroatoms. The molecular formula is C13H15N3O. The fraction of sp³-hybridized carbons (Fsp3) is 0.308. The molecule has 0 fully saturated rings. The first-order chi connectivity index (χ1) is 8.20. The summed E-state index contributed by atoms with van der Waals surface area (Å²) in [7, 11) is 0. The van der Waals surface area contributed by atoms with Crippen LogP contribution in [-0.2, 0) is 0 Å². The molecule has 0 bridgehead atoms. The average Bonchev–Trinajstić information content (AvgIpc) is 2.38. The summed E-state index contributed by atoms with van der Waals surface area (Å²) in [5, 5.41) is 2.92. The molecule has 2 aromatic rings. The second-order valence-electron chi connectivity index (χ2n) is 4.04. The van der Waals surface area contributed by atoms with Crippen molar-refractivity contribution >= 4 is 16.9 Å². The molecule has 1 aromatic carbocycles. The SMILES string of the molecule is CC[C@@H](C)NC(=O)c1ccc2nccnc2c1. The summed E-state index contributed by atoms with van der Waals surface area (Å²) in [6.45, 7) is 4.02. The minimum absolute atomic E-state index is 0.0631. The zero-order valence-corrected chi connectivity index (χ0v) is 9.97. The maximum absolute atomic E-state index is 11.9. The zero-order chi connectivity index (χ0) is 12.3. The molecule has 1 aromatic heterocycles. The highest BCUT2D eigenvalue weighted by molar-refractivity contribution is 5.97. The summed E-state index contributed by atoms with van der Waals surface area (Å²) in [4.78, 5) is 20.2. The van der Waals surface area contributed by atoms with Gasteiger partial charge in [-0.25, -0.2) is 0 Å². The highest BCUT2D eigenvalue weighted by Crippen LogP contribution is 2.11. The average molecular weight is 229 g/mol. The highest BCUT2D eigenvalue weighted by atomic mass is 16.1. The van der Waals surface area contributed by atoms with E-state index in [1.807, 2.05) is 19.9 Å². The maximum Gasteiger partial charge on any atom is 0.251 e. The second-order valence-corrected chi connectivity index (χ2v) is 4.04. The van der Waals surface area contributed by atoms with Gasteiger partial charge in [0.1, 0.15) is 0 Å². The summed E-state index contributed by atoms with van der Waals surface area (Å²) in [5.41, 5.74) is 2.16. The number of nitrogens with zero attached hydrogens (tertiary/aromatic N) is 2. The van der Waals surface area contributed by atoms with Crippen LogP contribution >= 0.6 is 0 Å². The molecule has 1 amide bonds. The summed E-state index contributed by atoms with van der Waals surface area (Å²) >= 11 is 0. The predicted molar refractivity (Wildman–Crippen MR) is 66.8 cm³/mol. The molecule has 4 nitrogen and oxygen atoms in total. The normalized spacial score (nSPS) is 12.4. The van der Waals surface area contributed by atoms with Gasteiger partial charge in [0.2, 0.25) is 0 Å². The van der Waals surface area contributed by atoms with Gasteiger partial charge in [-0.3, -0.25) is 14.8 Å². The Morgan fingerprint density at radius 2 is 2.00 bits per heavy atom. The first-order valence-electron chi connectivity index (χ1n) is 5.72. The molecule has 17 heavy (non-hydrogen) atoms. The minimum Gasteiger partial charge on any atom is -0.350 e. The Morgan fingerprint density at radius 1 is 1.29 bits per heavy atom. The number of carbonyl (C=O) groups excluding carboxylic acids is 1. The van der Waals surface area contributed by atoms with E-state index in [-0.39, 0.29) is 11.9 Å². The fourth-order valence-corrected chi connectivity index (χ4v) is 1.51. The molecule has 0 radical (unpaired) electrons. The zero-order valence-electron chi connectivity index (χ0n) is 9.97. The van der Waals surface area contributed by atoms with Crippen molar-refractivity contribution < 1.29 is 4.79 Å². The molecule has 0 aliphatic carbocycles. The van der Waals surface area contributed by atoms with E-state index in [2.05, 4.69) is 15.3 Å². The lowest BCUT2D eigenvalue weighted by Crippen LogP contribution is -2.31. The molecule has 88 valence electrons. The monoisotopic (exact) mass is 229 g/mol. The number of nitrogens with one attached hydrogen (secondary N) is 1. The molecule has 0 spiro atoms. The molecule has 1 N–H and O–H groups in total. The van der Waals surface area contributed by atoms with E-state index in [1.165, 1.54) is 0 Å². The van der Waals surface area contributed by atoms with Crippen molar-refractivity contribution in [2.75, 3.05) is 0 Å². The van der Waals surface area contributed by atoms with E-state index in [0.29, 0.717) is 5.56 Å². The number of amides is 1. The molecule has 2 rings (SSSR count). The van der Waals surface area contributed by atoms with Gasteiger partial charge >= 0.3 is 0 Å². The van der Waals surface area contributed by atoms with Gasteiger partial charge in [0.05, 0.1) is 11.0 Å². The van der Waals surface area contributed by atoms with Gasteiger partial charge in [-0.05, 0) is 31.5 Å². The van der Waals surface area contributed by atoms with Gasteiger partial charge in [-0.15, -0.1) is 0 Å². The van der Waals surface area contributed by atoms with Crippen molar-refractivity contribution in [3.63, 3.8) is 0 Å². The van der Waals surface area contributed by atoms with Crippen LogP contribution in [0.1, 0.15) is 30.6 Å². The molecule has 0 saturated carbocycles. The Labute approximate surface area is 100 Å². The number of rotatable bonds is 3. The number of hydrogen-bond acceptors (Lipinski definition) is 3. The Morgan fingerprint density at radius 3 is 2.71 bits per heavy atom. The van der Waals surface area contributed by atoms with E-state index in [4.69, 9.17) is 0 Å². The van der Waals surface area contributed by atoms with Gasteiger partial charge in [-0.1, -0.05) is 6.92 Å². The van der Waals surface area contributed by atoms with E-state index in [9.17, 15) is 4.79 Å². The smallest absolute Gasteiger partial charge is 0.251 e. The lowest BCUT2D eigenvalue weighted by molar-refractivity contribution is 0.0939. The van der Waals surface area contributed by atoms with Crippen LogP contribution in [0.3, 0.4) is 0 Å². The minimum atomic E-state index is -0.0631. The van der Waals surface area contributed by atoms with Gasteiger partial charge in [0, 0.05) is 24.0 Å². The third kappa shape index (κ3) is 2.58. The lowest BCUT2D eigenvalue weighted by Gasteiger charge is -2.11. The number of aromatic nitrogens is 2. The summed E-state index contributed by atoms with van der Waals surface area (Å²) in [6.07, 6.45) is 4.18. The molecular weight excluding hydrogens is 214 g/mol. The largest absolute Gasteiger partial charge is 0.350 e. The third-order valence-corrected chi connectivity index (χ3v) is 2.72. The summed E-state index contributed by atoms with van der Waals surface area (Å²) < 4.78 is 0. The fourth-order valence-electron chi connectivity index (χ4n) is 1.51. The highest BCUT2D eigenvalue weighted by Gasteiger charge is 2.09. The van der Waals surface area contributed by atoms with Crippen LogP contribution in [-0.4, -0.2) is 21.9 Å². The van der Waals surface area contributed by atoms with E-state index < -0.39 is 0 Å². The molecule has 0 saturated heterocycles. The number of benzene rings is 1. The summed E-state index contributed by atoms with van der Waals surface area (Å²) in [6, 6.07) is 5.53. The molecule has 0 unspecified atom stereocenters. The maximum atomic E-state index is 11.9. The van der Waals surface area contributed by atoms with Crippen molar-refractivity contribution in [2.45, 2.75) is 26.3 Å². The first kappa shape index (κ1) is 11.5. The van der Waals surface area contributed by atoms with Crippen LogP contribution in [0.5, 0.6) is 0 Å². The van der Waals surface area contributed by atoms with Gasteiger partial charge in [-0.2, -0.15) is 0 Å². The third-order valence-electron chi connectivity index (χ3n) is 2.72. The lowest BCUT2D eigenvalue weighted by atomic mass is 10.1. The predicted octanol–water partition coefficient (Wildman–Crippen LogP) is 2.16. The van der Waals surface area contributed by atoms with Crippen LogP contribution in [0, 0.1) is 0 Å². The van der Waals surface area contributed by atoms with Crippen LogP contribution in [0.4, 0.5) is 0 Å². The van der Waals surface area contributed by atoms with Crippen LogP contribution < -0.4 is 5.32 Å². The first-order valence-corrected chi connectivity index (χ1v) is 5.72. The molecule has 1 atom stereocenters. The van der Waals surface area contributed by atoms with E-state index >= 15 is 0 Å². The van der Waals surface area contributed by atoms with Gasteiger partial charge < -0.3 is 5.32 Å². The van der Waals surface area contributed by atoms with Gasteiger partial charge in [0.25, 0.3) is 5.91 Å². The number of hydrogen-bond donors (Lipinski definition) is 1. The topological polar surface area (TPSA) is 54.9 Å². The van der Waals surface area contributed by atoms with E-state index in [0.717, 1.165) is 17.5 Å². The Bertz CT molecular complexity index is 539. The quantitative estimate of drug-likeness (QED) is 0.877. The molecule has 0 aliphatic rings. The molecule has 0 aliphatic heterocycles. The number of fused-ring (bicyclic) bond motifs is 1. The van der Waals surface area contributed by atoms with Crippen molar-refractivity contribution in [2.24, 2.45) is 0 Å². The van der Waals surface area contributed by atoms with Gasteiger partial charge in [0.15, 0.2) is 0 Å². The second kappa shape index (κ2) is 4.91. The number of carbonyl (C=O) groups is 1. The van der Waals surface area contributed by atoms with Crippen molar-refractivity contribution in [1.29, 1.82) is 0 Å². The Hall–Kier alpha value is -1.97. The van der Waals surface area contributed by atoms with Crippen LogP contribution in [0.25, 0.3) is 11.0 Å². The van der Waals surface area contributed by atoms with Crippen molar-refractivity contribution in [3.8, 4) is 0 Å². The van der Waals surface area contributed by atoms with Crippen molar-refractivity contribution in [3.05, 3.63) is 36.2 Å². The summed E-state index contributed by atoms with van der Waals surface area (Å²) in [5.74, 6) is -0.0631. The van der Waals surface area contributed by atoms with E-state index in [1.54, 1.807) is 24.5 Å².